The van der Waals surface area contributed by atoms with E-state index in [0.29, 0.717) is 11.6 Å². The molecule has 14 heavy (non-hydrogen) atoms. The molecule has 3 N–H and O–H groups in total. The minimum Gasteiger partial charge on any atom is -0.381 e. The van der Waals surface area contributed by atoms with Crippen LogP contribution in [0.4, 0.5) is 11.6 Å². The molecule has 0 radical (unpaired) electrons. The highest BCUT2D eigenvalue weighted by atomic mass is 16.5. The van der Waals surface area contributed by atoms with E-state index in [1.807, 2.05) is 0 Å². The van der Waals surface area contributed by atoms with Crippen LogP contribution < -0.4 is 11.1 Å². The first kappa shape index (κ1) is 9.21. The first-order valence-electron chi connectivity index (χ1n) is 4.78. The molecule has 0 spiro atoms. The Morgan fingerprint density at radius 3 is 3.07 bits per heavy atom. The van der Waals surface area contributed by atoms with Crippen molar-refractivity contribution in [2.75, 3.05) is 24.2 Å². The molecule has 1 aromatic rings. The van der Waals surface area contributed by atoms with E-state index in [1.54, 1.807) is 12.4 Å². The zero-order chi connectivity index (χ0) is 9.80. The maximum atomic E-state index is 5.63. The molecule has 2 heterocycles. The van der Waals surface area contributed by atoms with Gasteiger partial charge in [0.2, 0.25) is 0 Å². The summed E-state index contributed by atoms with van der Waals surface area (Å²) in [6.45, 7) is 1.62. The predicted octanol–water partition coefficient (Wildman–Crippen LogP) is 0.650. The summed E-state index contributed by atoms with van der Waals surface area (Å²) in [5.41, 5.74) is 5.63. The summed E-state index contributed by atoms with van der Waals surface area (Å²) in [7, 11) is 0. The van der Waals surface area contributed by atoms with Gasteiger partial charge in [-0.3, -0.25) is 0 Å². The molecule has 1 fully saturated rings. The lowest BCUT2D eigenvalue weighted by Crippen LogP contribution is -2.19. The summed E-state index contributed by atoms with van der Waals surface area (Å²) in [6.07, 6.45) is 5.73. The van der Waals surface area contributed by atoms with Crippen LogP contribution in [0.15, 0.2) is 12.4 Å². The minimum atomic E-state index is 0.288. The van der Waals surface area contributed by atoms with Gasteiger partial charge in [-0.1, -0.05) is 0 Å². The van der Waals surface area contributed by atoms with Gasteiger partial charge in [0.25, 0.3) is 0 Å². The van der Waals surface area contributed by atoms with Crippen LogP contribution in [0.2, 0.25) is 0 Å². The fraction of sp³-hybridized carbons (Fsp3) is 0.556. The Balaban J connectivity index is 1.88. The number of nitrogens with zero attached hydrogens (tertiary/aromatic N) is 2. The molecular weight excluding hydrogens is 180 g/mol. The quantitative estimate of drug-likeness (QED) is 0.739. The van der Waals surface area contributed by atoms with Gasteiger partial charge >= 0.3 is 0 Å². The number of rotatable bonds is 3. The Hall–Kier alpha value is -1.36. The van der Waals surface area contributed by atoms with Crippen LogP contribution in [0.3, 0.4) is 0 Å². The third-order valence-electron chi connectivity index (χ3n) is 2.25. The monoisotopic (exact) mass is 194 g/mol. The lowest BCUT2D eigenvalue weighted by Gasteiger charge is -2.11. The molecule has 2 rings (SSSR count). The van der Waals surface area contributed by atoms with Crippen LogP contribution in [0, 0.1) is 0 Å². The van der Waals surface area contributed by atoms with Crippen LogP contribution in [0.1, 0.15) is 12.8 Å². The van der Waals surface area contributed by atoms with Crippen molar-refractivity contribution in [2.24, 2.45) is 0 Å². The van der Waals surface area contributed by atoms with Crippen LogP contribution >= 0.6 is 0 Å². The van der Waals surface area contributed by atoms with Crippen molar-refractivity contribution >= 4 is 11.6 Å². The largest absolute Gasteiger partial charge is 0.381 e. The molecule has 0 bridgehead atoms. The molecule has 1 aromatic heterocycles. The Morgan fingerprint density at radius 1 is 1.50 bits per heavy atom. The summed E-state index contributed by atoms with van der Waals surface area (Å²) in [4.78, 5) is 8.02. The lowest BCUT2D eigenvalue weighted by molar-refractivity contribution is 0.120. The Labute approximate surface area is 82.7 Å². The molecule has 0 aromatic carbocycles. The standard InChI is InChI=1S/C9H14N4O/c10-8-9(12-4-3-11-8)13-6-7-2-1-5-14-7/h3-4,7H,1-2,5-6H2,(H2,10,11)(H,12,13). The SMILES string of the molecule is Nc1nccnc1NCC1CCCO1. The topological polar surface area (TPSA) is 73.1 Å². The second-order valence-electron chi connectivity index (χ2n) is 3.31. The number of hydrogen-bond donors (Lipinski definition) is 2. The molecule has 1 aliphatic rings. The highest BCUT2D eigenvalue weighted by molar-refractivity contribution is 5.54. The molecule has 0 saturated carbocycles. The average Bonchev–Trinajstić information content (AvgIpc) is 2.69. The molecule has 1 unspecified atom stereocenters. The van der Waals surface area contributed by atoms with Gasteiger partial charge < -0.3 is 15.8 Å². The van der Waals surface area contributed by atoms with Gasteiger partial charge in [0.05, 0.1) is 6.10 Å². The second kappa shape index (κ2) is 4.23. The van der Waals surface area contributed by atoms with Gasteiger partial charge in [0, 0.05) is 25.5 Å². The van der Waals surface area contributed by atoms with Crippen molar-refractivity contribution in [3.05, 3.63) is 12.4 Å². The zero-order valence-electron chi connectivity index (χ0n) is 7.94. The van der Waals surface area contributed by atoms with E-state index in [-0.39, 0.29) is 6.10 Å². The van der Waals surface area contributed by atoms with Crippen molar-refractivity contribution in [2.45, 2.75) is 18.9 Å². The lowest BCUT2D eigenvalue weighted by atomic mass is 10.2. The Morgan fingerprint density at radius 2 is 2.36 bits per heavy atom. The van der Waals surface area contributed by atoms with Gasteiger partial charge in [-0.2, -0.15) is 0 Å². The fourth-order valence-electron chi connectivity index (χ4n) is 1.50. The third-order valence-corrected chi connectivity index (χ3v) is 2.25. The number of nitrogens with two attached hydrogens (primary N) is 1. The molecule has 5 heteroatoms. The summed E-state index contributed by atoms with van der Waals surface area (Å²) in [5.74, 6) is 1.08. The fourth-order valence-corrected chi connectivity index (χ4v) is 1.50. The van der Waals surface area contributed by atoms with Gasteiger partial charge in [0.15, 0.2) is 11.6 Å². The van der Waals surface area contributed by atoms with E-state index >= 15 is 0 Å². The van der Waals surface area contributed by atoms with Gasteiger partial charge in [-0.15, -0.1) is 0 Å². The van der Waals surface area contributed by atoms with Crippen LogP contribution in [-0.4, -0.2) is 29.2 Å². The van der Waals surface area contributed by atoms with Crippen molar-refractivity contribution < 1.29 is 4.74 Å². The summed E-state index contributed by atoms with van der Waals surface area (Å²) >= 11 is 0. The predicted molar refractivity (Wildman–Crippen MR) is 53.9 cm³/mol. The summed E-state index contributed by atoms with van der Waals surface area (Å²) in [5, 5.41) is 3.13. The smallest absolute Gasteiger partial charge is 0.169 e. The van der Waals surface area contributed by atoms with Crippen molar-refractivity contribution in [1.82, 2.24) is 9.97 Å². The van der Waals surface area contributed by atoms with E-state index < -0.39 is 0 Å². The number of anilines is 2. The normalized spacial score (nSPS) is 21.0. The number of ether oxygens (including phenoxy) is 1. The number of nitrogen functional groups attached to an aromatic ring is 1. The molecule has 0 aliphatic carbocycles. The van der Waals surface area contributed by atoms with E-state index in [2.05, 4.69) is 15.3 Å². The van der Waals surface area contributed by atoms with Gasteiger partial charge in [0.1, 0.15) is 0 Å². The summed E-state index contributed by atoms with van der Waals surface area (Å²) in [6, 6.07) is 0. The van der Waals surface area contributed by atoms with Crippen molar-refractivity contribution in [3.8, 4) is 0 Å². The first-order chi connectivity index (χ1) is 6.86. The number of nitrogens with one attached hydrogen (secondary N) is 1. The molecule has 1 atom stereocenters. The van der Waals surface area contributed by atoms with Crippen LogP contribution in [-0.2, 0) is 4.74 Å². The van der Waals surface area contributed by atoms with E-state index in [4.69, 9.17) is 10.5 Å². The average molecular weight is 194 g/mol. The van der Waals surface area contributed by atoms with E-state index in [1.165, 1.54) is 0 Å². The number of hydrogen-bond acceptors (Lipinski definition) is 5. The van der Waals surface area contributed by atoms with Crippen LogP contribution in [0.5, 0.6) is 0 Å². The van der Waals surface area contributed by atoms with Crippen molar-refractivity contribution in [3.63, 3.8) is 0 Å². The molecule has 76 valence electrons. The van der Waals surface area contributed by atoms with Gasteiger partial charge in [-0.25, -0.2) is 9.97 Å². The Kier molecular flexibility index (Phi) is 2.78. The second-order valence-corrected chi connectivity index (χ2v) is 3.31. The molecule has 5 nitrogen and oxygen atoms in total. The maximum absolute atomic E-state index is 5.63. The third kappa shape index (κ3) is 2.11. The molecule has 1 aliphatic heterocycles. The summed E-state index contributed by atoms with van der Waals surface area (Å²) < 4.78 is 5.46. The minimum absolute atomic E-state index is 0.288. The van der Waals surface area contributed by atoms with Crippen LogP contribution in [0.25, 0.3) is 0 Å². The van der Waals surface area contributed by atoms with E-state index in [9.17, 15) is 0 Å². The van der Waals surface area contributed by atoms with Gasteiger partial charge in [-0.05, 0) is 12.8 Å². The zero-order valence-corrected chi connectivity index (χ0v) is 7.94. The first-order valence-corrected chi connectivity index (χ1v) is 4.78. The molecule has 0 amide bonds. The van der Waals surface area contributed by atoms with E-state index in [0.717, 1.165) is 26.0 Å². The maximum Gasteiger partial charge on any atom is 0.169 e. The molecular formula is C9H14N4O. The van der Waals surface area contributed by atoms with Crippen molar-refractivity contribution in [1.29, 1.82) is 0 Å². The highest BCUT2D eigenvalue weighted by Gasteiger charge is 2.15. The number of aromatic nitrogens is 2. The molecule has 1 saturated heterocycles. The highest BCUT2D eigenvalue weighted by Crippen LogP contribution is 2.14. The Bertz CT molecular complexity index is 299.